The molecule has 0 spiro atoms. The summed E-state index contributed by atoms with van der Waals surface area (Å²) in [6.07, 6.45) is 9.61. The number of likely N-dealkylation sites (tertiary alicyclic amines) is 1. The standard InChI is InChI=1S/C22H24N3O/c1-15-7-10-24(11-8-15)22(26)16-5-6-20-18(13-16)19-14-25(17-3-2-4-17)12-9-21(19)23-20/h2-6,13,15H,7-12,14H2,1H3. The number of allylic oxidation sites excluding steroid dienone is 3. The van der Waals surface area contributed by atoms with Crippen molar-refractivity contribution in [2.75, 3.05) is 26.2 Å². The molecule has 0 bridgehead atoms. The van der Waals surface area contributed by atoms with E-state index in [-0.39, 0.29) is 5.91 Å². The molecule has 26 heavy (non-hydrogen) atoms. The lowest BCUT2D eigenvalue weighted by molar-refractivity contribution is 0.0697. The molecule has 1 aromatic carbocycles. The van der Waals surface area contributed by atoms with Crippen LogP contribution in [0, 0.1) is 5.92 Å². The fraction of sp³-hybridized carbons (Fsp3) is 0.409. The van der Waals surface area contributed by atoms with Crippen LogP contribution in [0.15, 0.2) is 47.8 Å². The molecule has 0 aromatic heterocycles. The van der Waals surface area contributed by atoms with Crippen molar-refractivity contribution in [3.8, 4) is 0 Å². The summed E-state index contributed by atoms with van der Waals surface area (Å²) in [6.45, 7) is 5.94. The van der Waals surface area contributed by atoms with Gasteiger partial charge >= 0.3 is 0 Å². The molecule has 1 saturated heterocycles. The SMILES string of the molecule is CC1CCN(C(=O)c2ccc3c(c2)C2=C(CCN(C4=CC=C4)C2)[N]3)CC1. The Morgan fingerprint density at radius 2 is 2.00 bits per heavy atom. The second-order valence-electron chi connectivity index (χ2n) is 7.87. The van der Waals surface area contributed by atoms with Crippen molar-refractivity contribution in [2.45, 2.75) is 26.2 Å². The van der Waals surface area contributed by atoms with Gasteiger partial charge in [-0.05, 0) is 49.1 Å². The number of carbonyl (C=O) groups excluding carboxylic acids is 1. The topological polar surface area (TPSA) is 37.7 Å². The Hall–Kier alpha value is -2.49. The van der Waals surface area contributed by atoms with Gasteiger partial charge in [0.2, 0.25) is 0 Å². The van der Waals surface area contributed by atoms with Gasteiger partial charge in [0.15, 0.2) is 0 Å². The predicted octanol–water partition coefficient (Wildman–Crippen LogP) is 3.68. The van der Waals surface area contributed by atoms with E-state index in [4.69, 9.17) is 5.32 Å². The number of fused-ring (bicyclic) bond motifs is 2. The molecular formula is C22H24N3O. The highest BCUT2D eigenvalue weighted by molar-refractivity contribution is 5.97. The number of rotatable bonds is 2. The first-order valence-electron chi connectivity index (χ1n) is 9.70. The first-order valence-corrected chi connectivity index (χ1v) is 9.70. The zero-order chi connectivity index (χ0) is 17.7. The molecule has 3 heterocycles. The number of benzene rings is 1. The van der Waals surface area contributed by atoms with Gasteiger partial charge in [0.05, 0.1) is 5.69 Å². The molecule has 0 unspecified atom stereocenters. The summed E-state index contributed by atoms with van der Waals surface area (Å²) < 4.78 is 0. The summed E-state index contributed by atoms with van der Waals surface area (Å²) in [4.78, 5) is 17.4. The molecule has 1 fully saturated rings. The molecule has 0 atom stereocenters. The number of amides is 1. The van der Waals surface area contributed by atoms with E-state index in [1.807, 2.05) is 17.0 Å². The monoisotopic (exact) mass is 346 g/mol. The highest BCUT2D eigenvalue weighted by Crippen LogP contribution is 2.40. The zero-order valence-electron chi connectivity index (χ0n) is 15.2. The third-order valence-corrected chi connectivity index (χ3v) is 6.11. The average molecular weight is 346 g/mol. The molecular weight excluding hydrogens is 322 g/mol. The van der Waals surface area contributed by atoms with Gasteiger partial charge in [-0.2, -0.15) is 0 Å². The van der Waals surface area contributed by atoms with Gasteiger partial charge in [0.1, 0.15) is 0 Å². The lowest BCUT2D eigenvalue weighted by Gasteiger charge is -2.32. The van der Waals surface area contributed by atoms with Crippen molar-refractivity contribution in [1.29, 1.82) is 0 Å². The summed E-state index contributed by atoms with van der Waals surface area (Å²) in [6, 6.07) is 6.06. The summed E-state index contributed by atoms with van der Waals surface area (Å²) in [5, 5.41) is 4.82. The van der Waals surface area contributed by atoms with Crippen LogP contribution in [-0.4, -0.2) is 41.9 Å². The maximum Gasteiger partial charge on any atom is 0.253 e. The van der Waals surface area contributed by atoms with Crippen LogP contribution in [0.4, 0.5) is 5.69 Å². The minimum Gasteiger partial charge on any atom is -0.367 e. The molecule has 1 aliphatic carbocycles. The van der Waals surface area contributed by atoms with Gasteiger partial charge in [0.25, 0.3) is 5.91 Å². The molecule has 4 aliphatic rings. The van der Waals surface area contributed by atoms with Gasteiger partial charge in [-0.15, -0.1) is 0 Å². The van der Waals surface area contributed by atoms with Crippen LogP contribution in [0.3, 0.4) is 0 Å². The highest BCUT2D eigenvalue weighted by atomic mass is 16.2. The Bertz CT molecular complexity index is 856. The summed E-state index contributed by atoms with van der Waals surface area (Å²) in [7, 11) is 0. The van der Waals surface area contributed by atoms with Crippen LogP contribution < -0.4 is 5.32 Å². The van der Waals surface area contributed by atoms with E-state index >= 15 is 0 Å². The van der Waals surface area contributed by atoms with Crippen LogP contribution >= 0.6 is 0 Å². The normalized spacial score (nSPS) is 21.8. The van der Waals surface area contributed by atoms with Crippen LogP contribution in [0.2, 0.25) is 0 Å². The maximum atomic E-state index is 12.9. The van der Waals surface area contributed by atoms with Crippen molar-refractivity contribution in [3.05, 3.63) is 58.9 Å². The van der Waals surface area contributed by atoms with Crippen molar-refractivity contribution in [3.63, 3.8) is 0 Å². The van der Waals surface area contributed by atoms with Crippen LogP contribution in [0.5, 0.6) is 0 Å². The van der Waals surface area contributed by atoms with Gasteiger partial charge in [-0.25, -0.2) is 0 Å². The molecule has 4 nitrogen and oxygen atoms in total. The van der Waals surface area contributed by atoms with Gasteiger partial charge < -0.3 is 9.80 Å². The fourth-order valence-electron chi connectivity index (χ4n) is 4.28. The smallest absolute Gasteiger partial charge is 0.253 e. The maximum absolute atomic E-state index is 12.9. The Kier molecular flexibility index (Phi) is 3.66. The Labute approximate surface area is 154 Å². The summed E-state index contributed by atoms with van der Waals surface area (Å²) in [5.74, 6) is 0.903. The largest absolute Gasteiger partial charge is 0.367 e. The Morgan fingerprint density at radius 3 is 2.73 bits per heavy atom. The predicted molar refractivity (Wildman–Crippen MR) is 103 cm³/mol. The molecule has 133 valence electrons. The van der Waals surface area contributed by atoms with E-state index in [1.54, 1.807) is 0 Å². The zero-order valence-corrected chi connectivity index (χ0v) is 15.2. The second kappa shape index (κ2) is 6.04. The molecule has 1 amide bonds. The van der Waals surface area contributed by atoms with Gasteiger partial charge in [0, 0.05) is 60.7 Å². The van der Waals surface area contributed by atoms with E-state index < -0.39 is 0 Å². The van der Waals surface area contributed by atoms with E-state index in [0.29, 0.717) is 0 Å². The van der Waals surface area contributed by atoms with Crippen molar-refractivity contribution < 1.29 is 4.79 Å². The first kappa shape index (κ1) is 15.7. The highest BCUT2D eigenvalue weighted by Gasteiger charge is 2.30. The molecule has 5 rings (SSSR count). The number of carbonyl (C=O) groups is 1. The molecule has 1 radical (unpaired) electrons. The van der Waals surface area contributed by atoms with Crippen molar-refractivity contribution in [2.24, 2.45) is 5.92 Å². The quantitative estimate of drug-likeness (QED) is 0.819. The first-order chi connectivity index (χ1) is 12.7. The molecule has 0 saturated carbocycles. The lowest BCUT2D eigenvalue weighted by Crippen LogP contribution is -2.37. The number of hydrogen-bond donors (Lipinski definition) is 0. The third-order valence-electron chi connectivity index (χ3n) is 6.11. The van der Waals surface area contributed by atoms with Crippen molar-refractivity contribution in [1.82, 2.24) is 15.1 Å². The second-order valence-corrected chi connectivity index (χ2v) is 7.87. The van der Waals surface area contributed by atoms with Gasteiger partial charge in [-0.1, -0.05) is 13.0 Å². The molecule has 1 aromatic rings. The number of nitrogens with zero attached hydrogens (tertiary/aromatic N) is 3. The number of hydrogen-bond acceptors (Lipinski definition) is 2. The van der Waals surface area contributed by atoms with E-state index in [2.05, 4.69) is 36.1 Å². The van der Waals surface area contributed by atoms with E-state index in [0.717, 1.165) is 68.2 Å². The Morgan fingerprint density at radius 1 is 1.19 bits per heavy atom. The van der Waals surface area contributed by atoms with E-state index in [9.17, 15) is 4.79 Å². The van der Waals surface area contributed by atoms with Gasteiger partial charge in [-0.3, -0.25) is 10.1 Å². The van der Waals surface area contributed by atoms with E-state index in [1.165, 1.54) is 17.0 Å². The minimum atomic E-state index is 0.172. The summed E-state index contributed by atoms with van der Waals surface area (Å²) in [5.41, 5.74) is 6.80. The average Bonchev–Trinajstić information content (AvgIpc) is 2.98. The molecule has 0 N–H and O–H groups in total. The molecule has 4 heteroatoms. The van der Waals surface area contributed by atoms with Crippen LogP contribution in [-0.2, 0) is 0 Å². The third kappa shape index (κ3) is 2.56. The minimum absolute atomic E-state index is 0.172. The number of piperidine rings is 1. The van der Waals surface area contributed by atoms with Crippen LogP contribution in [0.25, 0.3) is 5.57 Å². The Balaban J connectivity index is 1.39. The fourth-order valence-corrected chi connectivity index (χ4v) is 4.28. The van der Waals surface area contributed by atoms with Crippen molar-refractivity contribution >= 4 is 17.2 Å². The molecule has 3 aliphatic heterocycles. The summed E-state index contributed by atoms with van der Waals surface area (Å²) >= 11 is 0. The lowest BCUT2D eigenvalue weighted by atomic mass is 9.96. The van der Waals surface area contributed by atoms with Crippen LogP contribution in [0.1, 0.15) is 42.1 Å².